The Hall–Kier alpha value is -3.22. The summed E-state index contributed by atoms with van der Waals surface area (Å²) in [6.45, 7) is 6.68. The van der Waals surface area contributed by atoms with Crippen LogP contribution in [0.1, 0.15) is 47.0 Å². The molecule has 1 fully saturated rings. The maximum absolute atomic E-state index is 13.3. The monoisotopic (exact) mass is 419 g/mol. The maximum atomic E-state index is 13.3. The summed E-state index contributed by atoms with van der Waals surface area (Å²) >= 11 is 0. The fourth-order valence-electron chi connectivity index (χ4n) is 4.14. The van der Waals surface area contributed by atoms with Crippen LogP contribution >= 0.6 is 0 Å². The van der Waals surface area contributed by atoms with Crippen molar-refractivity contribution in [3.8, 4) is 11.3 Å². The fourth-order valence-corrected chi connectivity index (χ4v) is 4.14. The van der Waals surface area contributed by atoms with Crippen molar-refractivity contribution in [1.29, 1.82) is 0 Å². The number of benzene rings is 1. The Balaban J connectivity index is 1.71. The molecular weight excluding hydrogens is 390 g/mol. The van der Waals surface area contributed by atoms with Gasteiger partial charge in [0.2, 0.25) is 11.9 Å². The lowest BCUT2D eigenvalue weighted by Crippen LogP contribution is -2.33. The number of likely N-dealkylation sites (tertiary alicyclic amines) is 1. The Morgan fingerprint density at radius 1 is 1.26 bits per heavy atom. The molecule has 7 heteroatoms. The molecule has 7 nitrogen and oxygen atoms in total. The summed E-state index contributed by atoms with van der Waals surface area (Å²) < 4.78 is 5.64. The number of hydrogen-bond donors (Lipinski definition) is 0. The topological polar surface area (TPSA) is 75.4 Å². The highest BCUT2D eigenvalue weighted by molar-refractivity contribution is 5.80. The molecule has 1 saturated heterocycles. The lowest BCUT2D eigenvalue weighted by Gasteiger charge is -2.26. The van der Waals surface area contributed by atoms with E-state index in [0.717, 1.165) is 53.0 Å². The van der Waals surface area contributed by atoms with Gasteiger partial charge < -0.3 is 14.3 Å². The van der Waals surface area contributed by atoms with Crippen LogP contribution in [0, 0.1) is 20.8 Å². The summed E-state index contributed by atoms with van der Waals surface area (Å²) in [4.78, 5) is 26.5. The Morgan fingerprint density at radius 2 is 2.06 bits per heavy atom. The van der Waals surface area contributed by atoms with Crippen LogP contribution in [-0.2, 0) is 11.2 Å². The fraction of sp³-hybridized carbons (Fsp3) is 0.417. The molecule has 3 heterocycles. The number of carbonyl (C=O) groups excluding carboxylic acids is 1. The number of nitrogens with zero attached hydrogens (tertiary/aromatic N) is 5. The second kappa shape index (κ2) is 8.49. The van der Waals surface area contributed by atoms with Gasteiger partial charge in [-0.2, -0.15) is 0 Å². The average Bonchev–Trinajstić information content (AvgIpc) is 3.35. The molecule has 4 rings (SSSR count). The highest BCUT2D eigenvalue weighted by atomic mass is 16.5. The van der Waals surface area contributed by atoms with Gasteiger partial charge in [0, 0.05) is 32.4 Å². The van der Waals surface area contributed by atoms with Gasteiger partial charge in [0.25, 0.3) is 0 Å². The number of amides is 1. The summed E-state index contributed by atoms with van der Waals surface area (Å²) in [6, 6.07) is 8.02. The first kappa shape index (κ1) is 21.0. The van der Waals surface area contributed by atoms with Crippen LogP contribution < -0.4 is 4.90 Å². The smallest absolute Gasteiger partial charge is 0.227 e. The van der Waals surface area contributed by atoms with E-state index in [4.69, 9.17) is 9.51 Å². The Kier molecular flexibility index (Phi) is 5.76. The van der Waals surface area contributed by atoms with Gasteiger partial charge in [-0.05, 0) is 39.2 Å². The van der Waals surface area contributed by atoms with Crippen LogP contribution in [0.4, 0.5) is 5.95 Å². The van der Waals surface area contributed by atoms with Gasteiger partial charge in [-0.3, -0.25) is 4.79 Å². The van der Waals surface area contributed by atoms with Crippen molar-refractivity contribution in [2.24, 2.45) is 0 Å². The molecular formula is C24H29N5O2. The molecule has 1 aliphatic rings. The van der Waals surface area contributed by atoms with Gasteiger partial charge >= 0.3 is 0 Å². The molecule has 0 unspecified atom stereocenters. The Morgan fingerprint density at radius 3 is 2.74 bits per heavy atom. The summed E-state index contributed by atoms with van der Waals surface area (Å²) in [7, 11) is 3.83. The molecule has 31 heavy (non-hydrogen) atoms. The van der Waals surface area contributed by atoms with Gasteiger partial charge in [0.1, 0.15) is 0 Å². The molecule has 0 bridgehead atoms. The first-order chi connectivity index (χ1) is 14.8. The van der Waals surface area contributed by atoms with Crippen LogP contribution in [0.25, 0.3) is 11.3 Å². The normalized spacial score (nSPS) is 16.0. The molecule has 1 aromatic carbocycles. The van der Waals surface area contributed by atoms with E-state index in [1.165, 1.54) is 0 Å². The molecule has 0 aliphatic carbocycles. The predicted octanol–water partition coefficient (Wildman–Crippen LogP) is 4.03. The van der Waals surface area contributed by atoms with Crippen molar-refractivity contribution in [2.45, 2.75) is 46.1 Å². The number of aromatic nitrogens is 3. The lowest BCUT2D eigenvalue weighted by molar-refractivity contribution is -0.131. The summed E-state index contributed by atoms with van der Waals surface area (Å²) in [6.07, 6.45) is 3.99. The van der Waals surface area contributed by atoms with Crippen molar-refractivity contribution in [1.82, 2.24) is 20.0 Å². The summed E-state index contributed by atoms with van der Waals surface area (Å²) in [5, 5.41) is 4.11. The zero-order valence-electron chi connectivity index (χ0n) is 18.8. The van der Waals surface area contributed by atoms with E-state index in [9.17, 15) is 4.79 Å². The first-order valence-corrected chi connectivity index (χ1v) is 10.7. The van der Waals surface area contributed by atoms with E-state index >= 15 is 0 Å². The van der Waals surface area contributed by atoms with Gasteiger partial charge in [0.15, 0.2) is 5.76 Å². The standard InChI is InChI=1S/C24H29N5O2/c1-15-8-6-9-18(12-15)13-21(30)29-11-7-10-20(29)22-19(14-25-24(26-22)28(4)5)23-16(2)17(3)27-31-23/h6,8-9,12,14,20H,7,10-11,13H2,1-5H3/t20-/m1/s1. The van der Waals surface area contributed by atoms with Crippen LogP contribution in [-0.4, -0.2) is 46.6 Å². The molecule has 0 spiro atoms. The zero-order valence-corrected chi connectivity index (χ0v) is 18.8. The van der Waals surface area contributed by atoms with Crippen molar-refractivity contribution in [3.05, 3.63) is 58.5 Å². The number of hydrogen-bond acceptors (Lipinski definition) is 6. The largest absolute Gasteiger partial charge is 0.356 e. The molecule has 0 saturated carbocycles. The van der Waals surface area contributed by atoms with Crippen molar-refractivity contribution < 1.29 is 9.32 Å². The molecule has 1 amide bonds. The highest BCUT2D eigenvalue weighted by Gasteiger charge is 2.34. The number of carbonyl (C=O) groups is 1. The quantitative estimate of drug-likeness (QED) is 0.622. The molecule has 3 aromatic rings. The number of anilines is 1. The molecule has 0 radical (unpaired) electrons. The minimum atomic E-state index is -0.112. The molecule has 2 aromatic heterocycles. The third-order valence-corrected chi connectivity index (χ3v) is 5.93. The van der Waals surface area contributed by atoms with E-state index in [1.807, 2.05) is 62.9 Å². The van der Waals surface area contributed by atoms with Crippen LogP contribution in [0.15, 0.2) is 35.0 Å². The van der Waals surface area contributed by atoms with Gasteiger partial charge in [-0.25, -0.2) is 9.97 Å². The predicted molar refractivity (Wildman–Crippen MR) is 120 cm³/mol. The van der Waals surface area contributed by atoms with Crippen LogP contribution in [0.2, 0.25) is 0 Å². The SMILES string of the molecule is Cc1cccc(CC(=O)N2CCC[C@@H]2c2nc(N(C)C)ncc2-c2onc(C)c2C)c1. The number of aryl methyl sites for hydroxylation is 2. The van der Waals surface area contributed by atoms with Crippen molar-refractivity contribution in [2.75, 3.05) is 25.5 Å². The molecule has 1 atom stereocenters. The second-order valence-electron chi connectivity index (χ2n) is 8.50. The highest BCUT2D eigenvalue weighted by Crippen LogP contribution is 2.38. The van der Waals surface area contributed by atoms with Crippen molar-refractivity contribution >= 4 is 11.9 Å². The first-order valence-electron chi connectivity index (χ1n) is 10.7. The van der Waals surface area contributed by atoms with E-state index < -0.39 is 0 Å². The van der Waals surface area contributed by atoms with E-state index in [2.05, 4.69) is 16.2 Å². The third-order valence-electron chi connectivity index (χ3n) is 5.93. The van der Waals surface area contributed by atoms with Crippen LogP contribution in [0.3, 0.4) is 0 Å². The van der Waals surface area contributed by atoms with Crippen LogP contribution in [0.5, 0.6) is 0 Å². The Bertz CT molecular complexity index is 1110. The van der Waals surface area contributed by atoms with Gasteiger partial charge in [-0.1, -0.05) is 35.0 Å². The number of rotatable bonds is 5. The lowest BCUT2D eigenvalue weighted by atomic mass is 10.0. The Labute approximate surface area is 183 Å². The molecule has 0 N–H and O–H groups in total. The van der Waals surface area contributed by atoms with Crippen molar-refractivity contribution in [3.63, 3.8) is 0 Å². The minimum Gasteiger partial charge on any atom is -0.356 e. The summed E-state index contributed by atoms with van der Waals surface area (Å²) in [5.41, 5.74) is 5.65. The van der Waals surface area contributed by atoms with E-state index in [0.29, 0.717) is 18.1 Å². The van der Waals surface area contributed by atoms with Gasteiger partial charge in [-0.15, -0.1) is 0 Å². The molecule has 1 aliphatic heterocycles. The third kappa shape index (κ3) is 4.17. The van der Waals surface area contributed by atoms with E-state index in [-0.39, 0.29) is 11.9 Å². The van der Waals surface area contributed by atoms with E-state index in [1.54, 1.807) is 6.20 Å². The van der Waals surface area contributed by atoms with Gasteiger partial charge in [0.05, 0.1) is 29.4 Å². The minimum absolute atomic E-state index is 0.112. The average molecular weight is 420 g/mol. The second-order valence-corrected chi connectivity index (χ2v) is 8.50. The zero-order chi connectivity index (χ0) is 22.1. The maximum Gasteiger partial charge on any atom is 0.227 e. The summed E-state index contributed by atoms with van der Waals surface area (Å²) in [5.74, 6) is 1.41. The molecule has 162 valence electrons.